The number of pyridine rings is 1. The molecular weight excluding hydrogens is 228 g/mol. The molecule has 0 aliphatic carbocycles. The lowest BCUT2D eigenvalue weighted by molar-refractivity contribution is 0.0997. The van der Waals surface area contributed by atoms with E-state index in [0.29, 0.717) is 5.69 Å². The van der Waals surface area contributed by atoms with Crippen LogP contribution in [0.5, 0.6) is 0 Å². The van der Waals surface area contributed by atoms with Gasteiger partial charge in [-0.3, -0.25) is 4.79 Å². The number of hydrogen-bond acceptors (Lipinski definition) is 2. The Kier molecular flexibility index (Phi) is 3.52. The maximum absolute atomic E-state index is 11.7. The zero-order valence-electron chi connectivity index (χ0n) is 10.3. The molecule has 0 N–H and O–H groups in total. The van der Waals surface area contributed by atoms with E-state index in [2.05, 4.69) is 9.98 Å². The molecule has 92 valence electrons. The molecule has 5 nitrogen and oxygen atoms in total. The lowest BCUT2D eigenvalue weighted by atomic mass is 10.3. The largest absolute Gasteiger partial charge is 0.369 e. The van der Waals surface area contributed by atoms with Gasteiger partial charge in [-0.05, 0) is 24.3 Å². The van der Waals surface area contributed by atoms with Crippen molar-refractivity contribution in [1.29, 1.82) is 0 Å². The molecule has 2 aromatic heterocycles. The summed E-state index contributed by atoms with van der Waals surface area (Å²) < 4.78 is 1.92. The first-order chi connectivity index (χ1) is 8.66. The minimum atomic E-state index is -0.345. The van der Waals surface area contributed by atoms with Crippen molar-refractivity contribution in [1.82, 2.24) is 14.5 Å². The first-order valence-electron chi connectivity index (χ1n) is 5.51. The Morgan fingerprint density at radius 3 is 2.61 bits per heavy atom. The highest BCUT2D eigenvalue weighted by molar-refractivity contribution is 5.97. The summed E-state index contributed by atoms with van der Waals surface area (Å²) in [5, 5.41) is 0. The fraction of sp³-hybridized carbons (Fsp3) is 0.154. The number of carbonyl (C=O) groups excluding carboxylic acids is 1. The highest BCUT2D eigenvalue weighted by Crippen LogP contribution is 2.07. The van der Waals surface area contributed by atoms with Crippen LogP contribution in [0.2, 0.25) is 0 Å². The van der Waals surface area contributed by atoms with Crippen LogP contribution in [0, 0.1) is 0 Å². The molecule has 0 aliphatic rings. The van der Waals surface area contributed by atoms with E-state index in [-0.39, 0.29) is 5.91 Å². The number of amides is 1. The molecule has 0 atom stereocenters. The lowest BCUT2D eigenvalue weighted by Gasteiger charge is -2.03. The highest BCUT2D eigenvalue weighted by atomic mass is 16.1. The minimum absolute atomic E-state index is 0.337. The van der Waals surface area contributed by atoms with Crippen LogP contribution >= 0.6 is 0 Å². The molecule has 0 aromatic carbocycles. The Bertz CT molecular complexity index is 541. The van der Waals surface area contributed by atoms with E-state index < -0.39 is 0 Å². The molecule has 0 fully saturated rings. The Morgan fingerprint density at radius 2 is 2.06 bits per heavy atom. The van der Waals surface area contributed by atoms with E-state index in [1.54, 1.807) is 31.3 Å². The summed E-state index contributed by atoms with van der Waals surface area (Å²) in [5.74, 6) is -0.345. The van der Waals surface area contributed by atoms with Crippen LogP contribution in [0.15, 0.2) is 47.8 Å². The Balaban J connectivity index is 2.15. The number of aromatic nitrogens is 2. The van der Waals surface area contributed by atoms with Gasteiger partial charge >= 0.3 is 0 Å². The van der Waals surface area contributed by atoms with E-state index in [1.807, 2.05) is 35.2 Å². The van der Waals surface area contributed by atoms with Gasteiger partial charge in [-0.2, -0.15) is 4.99 Å². The molecule has 1 amide bonds. The number of hydrogen-bond donors (Lipinski definition) is 0. The molecule has 2 rings (SSSR count). The van der Waals surface area contributed by atoms with Crippen molar-refractivity contribution in [2.45, 2.75) is 0 Å². The number of carbonyl (C=O) groups is 1. The lowest BCUT2D eigenvalue weighted by Crippen LogP contribution is -2.10. The normalized spacial score (nSPS) is 10.8. The van der Waals surface area contributed by atoms with Gasteiger partial charge in [0, 0.05) is 26.5 Å². The van der Waals surface area contributed by atoms with Crippen LogP contribution in [-0.4, -0.2) is 40.8 Å². The third-order valence-electron chi connectivity index (χ3n) is 2.28. The van der Waals surface area contributed by atoms with Gasteiger partial charge in [0.05, 0.1) is 18.2 Å². The van der Waals surface area contributed by atoms with Crippen LogP contribution in [0.1, 0.15) is 10.5 Å². The summed E-state index contributed by atoms with van der Waals surface area (Å²) in [6, 6.07) is 7.37. The standard InChI is InChI=1S/C13H14N4O/c1-16(2)10-15-13(18)12-6-5-11(9-14-12)17-7-3-4-8-17/h3-10H,1-2H3. The monoisotopic (exact) mass is 242 g/mol. The maximum atomic E-state index is 11.7. The average Bonchev–Trinajstić information content (AvgIpc) is 2.90. The topological polar surface area (TPSA) is 50.5 Å². The second kappa shape index (κ2) is 5.27. The number of aliphatic imine (C=N–C) groups is 1. The van der Waals surface area contributed by atoms with E-state index in [4.69, 9.17) is 0 Å². The van der Waals surface area contributed by atoms with Crippen LogP contribution in [-0.2, 0) is 0 Å². The Morgan fingerprint density at radius 1 is 1.33 bits per heavy atom. The predicted molar refractivity (Wildman–Crippen MR) is 70.1 cm³/mol. The second-order valence-electron chi connectivity index (χ2n) is 4.01. The fourth-order valence-electron chi connectivity index (χ4n) is 1.41. The minimum Gasteiger partial charge on any atom is -0.369 e. The summed E-state index contributed by atoms with van der Waals surface area (Å²) in [6.07, 6.45) is 6.95. The zero-order chi connectivity index (χ0) is 13.0. The highest BCUT2D eigenvalue weighted by Gasteiger charge is 2.05. The van der Waals surface area contributed by atoms with Crippen LogP contribution in [0.4, 0.5) is 0 Å². The van der Waals surface area contributed by atoms with Crippen molar-refractivity contribution < 1.29 is 4.79 Å². The third-order valence-corrected chi connectivity index (χ3v) is 2.28. The van der Waals surface area contributed by atoms with Gasteiger partial charge in [0.25, 0.3) is 5.91 Å². The molecule has 0 unspecified atom stereocenters. The van der Waals surface area contributed by atoms with Gasteiger partial charge in [-0.1, -0.05) is 0 Å². The van der Waals surface area contributed by atoms with Gasteiger partial charge in [-0.25, -0.2) is 4.98 Å². The van der Waals surface area contributed by atoms with Crippen molar-refractivity contribution in [3.63, 3.8) is 0 Å². The summed E-state index contributed by atoms with van der Waals surface area (Å²) in [6.45, 7) is 0. The summed E-state index contributed by atoms with van der Waals surface area (Å²) in [7, 11) is 3.61. The van der Waals surface area contributed by atoms with E-state index in [0.717, 1.165) is 5.69 Å². The van der Waals surface area contributed by atoms with Gasteiger partial charge in [0.15, 0.2) is 0 Å². The third kappa shape index (κ3) is 2.82. The van der Waals surface area contributed by atoms with Crippen molar-refractivity contribution >= 4 is 12.2 Å². The molecule has 0 aliphatic heterocycles. The Hall–Kier alpha value is -2.43. The molecule has 2 heterocycles. The molecule has 5 heteroatoms. The SMILES string of the molecule is CN(C)C=NC(=O)c1ccc(-n2cccc2)cn1. The predicted octanol–water partition coefficient (Wildman–Crippen LogP) is 1.60. The molecule has 2 aromatic rings. The number of rotatable bonds is 3. The second-order valence-corrected chi connectivity index (χ2v) is 4.01. The molecular formula is C13H14N4O. The van der Waals surface area contributed by atoms with E-state index in [1.165, 1.54) is 6.34 Å². The molecule has 0 radical (unpaired) electrons. The first kappa shape index (κ1) is 12.0. The maximum Gasteiger partial charge on any atom is 0.296 e. The number of nitrogens with zero attached hydrogens (tertiary/aromatic N) is 4. The molecule has 0 saturated carbocycles. The molecule has 0 spiro atoms. The zero-order valence-corrected chi connectivity index (χ0v) is 10.3. The summed E-state index contributed by atoms with van der Waals surface area (Å²) >= 11 is 0. The van der Waals surface area contributed by atoms with Crippen molar-refractivity contribution in [2.24, 2.45) is 4.99 Å². The van der Waals surface area contributed by atoms with Gasteiger partial charge in [0.2, 0.25) is 0 Å². The Labute approximate surface area is 105 Å². The quantitative estimate of drug-likeness (QED) is 0.607. The van der Waals surface area contributed by atoms with Crippen molar-refractivity contribution in [3.8, 4) is 5.69 Å². The van der Waals surface area contributed by atoms with Crippen molar-refractivity contribution in [2.75, 3.05) is 14.1 Å². The van der Waals surface area contributed by atoms with Crippen LogP contribution in [0.3, 0.4) is 0 Å². The van der Waals surface area contributed by atoms with E-state index >= 15 is 0 Å². The molecule has 0 saturated heterocycles. The van der Waals surface area contributed by atoms with Gasteiger partial charge < -0.3 is 9.47 Å². The van der Waals surface area contributed by atoms with Crippen molar-refractivity contribution in [3.05, 3.63) is 48.5 Å². The first-order valence-corrected chi connectivity index (χ1v) is 5.51. The smallest absolute Gasteiger partial charge is 0.296 e. The van der Waals surface area contributed by atoms with Crippen LogP contribution < -0.4 is 0 Å². The van der Waals surface area contributed by atoms with Gasteiger partial charge in [0.1, 0.15) is 5.69 Å². The molecule has 18 heavy (non-hydrogen) atoms. The molecule has 0 bridgehead atoms. The fourth-order valence-corrected chi connectivity index (χ4v) is 1.41. The summed E-state index contributed by atoms with van der Waals surface area (Å²) in [5.41, 5.74) is 1.25. The van der Waals surface area contributed by atoms with E-state index in [9.17, 15) is 4.79 Å². The average molecular weight is 242 g/mol. The van der Waals surface area contributed by atoms with Gasteiger partial charge in [-0.15, -0.1) is 0 Å². The van der Waals surface area contributed by atoms with Crippen LogP contribution in [0.25, 0.3) is 5.69 Å². The summed E-state index contributed by atoms with van der Waals surface area (Å²) in [4.78, 5) is 21.2.